The van der Waals surface area contributed by atoms with Crippen LogP contribution in [0.5, 0.6) is 0 Å². The van der Waals surface area contributed by atoms with Crippen LogP contribution in [0.1, 0.15) is 38.7 Å². The largest absolute Gasteiger partial charge is 0.465 e. The van der Waals surface area contributed by atoms with E-state index >= 15 is 0 Å². The van der Waals surface area contributed by atoms with Crippen molar-refractivity contribution in [2.24, 2.45) is 0 Å². The van der Waals surface area contributed by atoms with Gasteiger partial charge in [0.2, 0.25) is 0 Å². The van der Waals surface area contributed by atoms with Crippen LogP contribution in [-0.2, 0) is 4.74 Å². The van der Waals surface area contributed by atoms with Gasteiger partial charge in [-0.3, -0.25) is 0 Å². The molecule has 0 fully saturated rings. The number of hydrogen-bond acceptors (Lipinski definition) is 3. The highest BCUT2D eigenvalue weighted by molar-refractivity contribution is 7.80. The molecular formula is C24H24N2O2S. The molecule has 0 spiro atoms. The third kappa shape index (κ3) is 5.00. The Balaban J connectivity index is 1.86. The van der Waals surface area contributed by atoms with Crippen molar-refractivity contribution in [3.05, 3.63) is 101 Å². The van der Waals surface area contributed by atoms with E-state index in [-0.39, 0.29) is 12.0 Å². The summed E-state index contributed by atoms with van der Waals surface area (Å²) in [5.41, 5.74) is 5.49. The molecule has 0 aromatic heterocycles. The van der Waals surface area contributed by atoms with Crippen LogP contribution in [-0.4, -0.2) is 18.2 Å². The number of esters is 1. The van der Waals surface area contributed by atoms with Gasteiger partial charge in [-0.25, -0.2) is 4.79 Å². The van der Waals surface area contributed by atoms with Crippen LogP contribution in [0, 0.1) is 13.8 Å². The molecule has 1 unspecified atom stereocenters. The molecule has 1 atom stereocenters. The molecule has 0 aliphatic carbocycles. The van der Waals surface area contributed by atoms with Crippen LogP contribution in [0.25, 0.3) is 0 Å². The lowest BCUT2D eigenvalue weighted by atomic mass is 9.97. The van der Waals surface area contributed by atoms with Gasteiger partial charge in [-0.15, -0.1) is 0 Å². The van der Waals surface area contributed by atoms with Gasteiger partial charge in [-0.2, -0.15) is 0 Å². The van der Waals surface area contributed by atoms with E-state index in [1.807, 2.05) is 37.3 Å². The molecule has 0 saturated heterocycles. The summed E-state index contributed by atoms with van der Waals surface area (Å²) >= 11 is 5.60. The first kappa shape index (κ1) is 20.6. The highest BCUT2D eigenvalue weighted by atomic mass is 32.1. The maximum Gasteiger partial charge on any atom is 0.338 e. The van der Waals surface area contributed by atoms with Crippen molar-refractivity contribution in [2.45, 2.75) is 19.9 Å². The molecule has 0 aliphatic heterocycles. The molecule has 0 heterocycles. The van der Waals surface area contributed by atoms with Crippen molar-refractivity contribution in [3.63, 3.8) is 0 Å². The minimum absolute atomic E-state index is 0.0970. The van der Waals surface area contributed by atoms with Gasteiger partial charge in [0.1, 0.15) is 0 Å². The number of benzene rings is 3. The molecule has 148 valence electrons. The molecule has 0 saturated carbocycles. The topological polar surface area (TPSA) is 50.4 Å². The zero-order valence-electron chi connectivity index (χ0n) is 16.7. The van der Waals surface area contributed by atoms with E-state index in [1.54, 1.807) is 12.1 Å². The summed E-state index contributed by atoms with van der Waals surface area (Å²) < 4.78 is 4.85. The molecule has 0 radical (unpaired) electrons. The van der Waals surface area contributed by atoms with Gasteiger partial charge >= 0.3 is 5.97 Å². The van der Waals surface area contributed by atoms with Crippen molar-refractivity contribution < 1.29 is 9.53 Å². The lowest BCUT2D eigenvalue weighted by Gasteiger charge is -2.23. The van der Waals surface area contributed by atoms with Crippen molar-refractivity contribution >= 4 is 29.0 Å². The van der Waals surface area contributed by atoms with Crippen LogP contribution in [0.2, 0.25) is 0 Å². The molecule has 3 rings (SSSR count). The molecule has 29 heavy (non-hydrogen) atoms. The zero-order chi connectivity index (χ0) is 20.8. The van der Waals surface area contributed by atoms with Crippen LogP contribution in [0.15, 0.2) is 72.8 Å². The Morgan fingerprint density at radius 1 is 0.931 bits per heavy atom. The van der Waals surface area contributed by atoms with E-state index in [0.29, 0.717) is 10.7 Å². The van der Waals surface area contributed by atoms with E-state index in [0.717, 1.165) is 22.4 Å². The molecule has 0 bridgehead atoms. The number of rotatable bonds is 5. The quantitative estimate of drug-likeness (QED) is 0.454. The standard InChI is InChI=1S/C24H24N2O2S/c1-16-9-7-12-19(15-16)22(18-10-5-4-6-11-18)26-24(29)25-21-14-8-13-20(17(21)2)23(27)28-3/h4-15,22H,1-3H3,(H2,25,26,29). The second-order valence-corrected chi connectivity index (χ2v) is 7.23. The average molecular weight is 405 g/mol. The Labute approximate surface area is 176 Å². The van der Waals surface area contributed by atoms with Crippen LogP contribution in [0.4, 0.5) is 5.69 Å². The van der Waals surface area contributed by atoms with Crippen molar-refractivity contribution in [1.29, 1.82) is 0 Å². The summed E-state index contributed by atoms with van der Waals surface area (Å²) in [6.45, 7) is 3.94. The Hall–Kier alpha value is -3.18. The second-order valence-electron chi connectivity index (χ2n) is 6.83. The van der Waals surface area contributed by atoms with Gasteiger partial charge < -0.3 is 15.4 Å². The SMILES string of the molecule is COC(=O)c1cccc(NC(=S)NC(c2ccccc2)c2cccc(C)c2)c1C. The first-order valence-electron chi connectivity index (χ1n) is 9.36. The number of thiocarbonyl (C=S) groups is 1. The lowest BCUT2D eigenvalue weighted by Crippen LogP contribution is -2.33. The van der Waals surface area contributed by atoms with E-state index in [4.69, 9.17) is 17.0 Å². The fourth-order valence-electron chi connectivity index (χ4n) is 3.25. The van der Waals surface area contributed by atoms with Gasteiger partial charge in [0, 0.05) is 5.69 Å². The number of methoxy groups -OCH3 is 1. The summed E-state index contributed by atoms with van der Waals surface area (Å²) in [6.07, 6.45) is 0. The third-order valence-electron chi connectivity index (χ3n) is 4.77. The number of carbonyl (C=O) groups excluding carboxylic acids is 1. The molecule has 5 heteroatoms. The van der Waals surface area contributed by atoms with Gasteiger partial charge in [0.05, 0.1) is 18.7 Å². The number of anilines is 1. The second kappa shape index (κ2) is 9.34. The molecule has 0 aliphatic rings. The number of nitrogens with one attached hydrogen (secondary N) is 2. The van der Waals surface area contributed by atoms with Crippen LogP contribution < -0.4 is 10.6 Å². The summed E-state index contributed by atoms with van der Waals surface area (Å²) in [4.78, 5) is 12.0. The maximum atomic E-state index is 12.0. The van der Waals surface area contributed by atoms with Gasteiger partial charge in [-0.05, 0) is 54.9 Å². The Morgan fingerprint density at radius 3 is 2.31 bits per heavy atom. The highest BCUT2D eigenvalue weighted by Gasteiger charge is 2.17. The molecule has 2 N–H and O–H groups in total. The maximum absolute atomic E-state index is 12.0. The molecule has 0 amide bonds. The Bertz CT molecular complexity index is 1020. The average Bonchev–Trinajstić information content (AvgIpc) is 2.73. The van der Waals surface area contributed by atoms with Crippen molar-refractivity contribution in [3.8, 4) is 0 Å². The number of aryl methyl sites for hydroxylation is 1. The van der Waals surface area contributed by atoms with Gasteiger partial charge in [0.15, 0.2) is 5.11 Å². The summed E-state index contributed by atoms with van der Waals surface area (Å²) in [7, 11) is 1.38. The van der Waals surface area contributed by atoms with Crippen LogP contribution in [0.3, 0.4) is 0 Å². The van der Waals surface area contributed by atoms with E-state index in [1.165, 1.54) is 12.7 Å². The predicted octanol–water partition coefficient (Wildman–Crippen LogP) is 5.17. The van der Waals surface area contributed by atoms with E-state index in [2.05, 4.69) is 47.9 Å². The normalized spacial score (nSPS) is 11.4. The fraction of sp³-hybridized carbons (Fsp3) is 0.167. The van der Waals surface area contributed by atoms with Crippen LogP contribution >= 0.6 is 12.2 Å². The number of hydrogen-bond donors (Lipinski definition) is 2. The Kier molecular flexibility index (Phi) is 6.62. The van der Waals surface area contributed by atoms with Crippen molar-refractivity contribution in [1.82, 2.24) is 5.32 Å². The molecule has 3 aromatic carbocycles. The Morgan fingerprint density at radius 2 is 1.62 bits per heavy atom. The van der Waals surface area contributed by atoms with Crippen molar-refractivity contribution in [2.75, 3.05) is 12.4 Å². The fourth-order valence-corrected chi connectivity index (χ4v) is 3.47. The minimum Gasteiger partial charge on any atom is -0.465 e. The van der Waals surface area contributed by atoms with E-state index in [9.17, 15) is 4.79 Å². The third-order valence-corrected chi connectivity index (χ3v) is 4.99. The molecular weight excluding hydrogens is 380 g/mol. The zero-order valence-corrected chi connectivity index (χ0v) is 17.5. The summed E-state index contributed by atoms with van der Waals surface area (Å²) in [5, 5.41) is 7.12. The molecule has 4 nitrogen and oxygen atoms in total. The molecule has 3 aromatic rings. The summed E-state index contributed by atoms with van der Waals surface area (Å²) in [5.74, 6) is -0.369. The monoisotopic (exact) mass is 404 g/mol. The van der Waals surface area contributed by atoms with Gasteiger partial charge in [-0.1, -0.05) is 66.2 Å². The minimum atomic E-state index is -0.369. The number of carbonyl (C=O) groups is 1. The smallest absolute Gasteiger partial charge is 0.338 e. The summed E-state index contributed by atoms with van der Waals surface area (Å²) in [6, 6.07) is 23.9. The predicted molar refractivity (Wildman–Crippen MR) is 121 cm³/mol. The highest BCUT2D eigenvalue weighted by Crippen LogP contribution is 2.24. The first-order valence-corrected chi connectivity index (χ1v) is 9.77. The van der Waals surface area contributed by atoms with E-state index < -0.39 is 0 Å². The number of ether oxygens (including phenoxy) is 1. The lowest BCUT2D eigenvalue weighted by molar-refractivity contribution is 0.0600. The first-order chi connectivity index (χ1) is 14.0. The van der Waals surface area contributed by atoms with Gasteiger partial charge in [0.25, 0.3) is 0 Å².